The normalized spacial score (nSPS) is 12.4. The Balaban J connectivity index is 1.65. The molecular weight excluding hydrogens is 380 g/mol. The summed E-state index contributed by atoms with van der Waals surface area (Å²) in [5, 5.41) is 12.8. The number of ether oxygens (including phenoxy) is 1. The maximum absolute atomic E-state index is 12.9. The summed E-state index contributed by atoms with van der Waals surface area (Å²) in [7, 11) is 0. The van der Waals surface area contributed by atoms with E-state index < -0.39 is 23.7 Å². The highest BCUT2D eigenvalue weighted by molar-refractivity contribution is 5.44. The summed E-state index contributed by atoms with van der Waals surface area (Å²) in [6.45, 7) is -0.157. The fourth-order valence-electron chi connectivity index (χ4n) is 2.23. The first-order chi connectivity index (χ1) is 12.7. The van der Waals surface area contributed by atoms with Gasteiger partial charge < -0.3 is 10.1 Å². The lowest BCUT2D eigenvalue weighted by Gasteiger charge is -2.14. The van der Waals surface area contributed by atoms with Crippen LogP contribution in [0.4, 0.5) is 32.2 Å². The van der Waals surface area contributed by atoms with Crippen LogP contribution in [0.3, 0.4) is 0 Å². The molecule has 0 unspecified atom stereocenters. The van der Waals surface area contributed by atoms with Crippen molar-refractivity contribution in [3.8, 4) is 5.75 Å². The van der Waals surface area contributed by atoms with Gasteiger partial charge in [-0.2, -0.15) is 30.9 Å². The van der Waals surface area contributed by atoms with Crippen molar-refractivity contribution < 1.29 is 31.1 Å². The number of fused-ring (bicyclic) bond motifs is 1. The molecule has 0 spiro atoms. The number of hydrogen-bond donors (Lipinski definition) is 1. The lowest BCUT2D eigenvalue weighted by Crippen LogP contribution is -2.17. The predicted molar refractivity (Wildman–Crippen MR) is 81.2 cm³/mol. The van der Waals surface area contributed by atoms with E-state index in [-0.39, 0.29) is 30.4 Å². The number of aromatic nitrogens is 4. The number of alkyl halides is 6. The maximum Gasteiger partial charge on any atom is 0.453 e. The monoisotopic (exact) mass is 391 g/mol. The van der Waals surface area contributed by atoms with Gasteiger partial charge in [0.25, 0.3) is 5.82 Å². The van der Waals surface area contributed by atoms with Gasteiger partial charge in [-0.15, -0.1) is 15.3 Å². The molecule has 27 heavy (non-hydrogen) atoms. The smallest absolute Gasteiger partial charge is 0.453 e. The van der Waals surface area contributed by atoms with Crippen LogP contribution in [0, 0.1) is 0 Å². The van der Waals surface area contributed by atoms with Gasteiger partial charge in [-0.25, -0.2) is 0 Å². The third-order valence-corrected chi connectivity index (χ3v) is 3.37. The van der Waals surface area contributed by atoms with Gasteiger partial charge in [-0.05, 0) is 24.3 Å². The van der Waals surface area contributed by atoms with E-state index in [2.05, 4.69) is 20.6 Å². The molecule has 0 aliphatic rings. The molecule has 1 aromatic carbocycles. The fourth-order valence-corrected chi connectivity index (χ4v) is 2.23. The van der Waals surface area contributed by atoms with Crippen molar-refractivity contribution in [1.82, 2.24) is 19.8 Å². The standard InChI is InChI=1S/C15H11F6N5O/c16-14(17,18)9-3-1-2-4-10(9)27-8-7-22-11-5-6-12-23-24-13(15(19,20)21)26(12)25-11/h1-6H,7-8H2,(H,22,25). The molecule has 144 valence electrons. The summed E-state index contributed by atoms with van der Waals surface area (Å²) in [6, 6.07) is 7.36. The van der Waals surface area contributed by atoms with Crippen LogP contribution in [-0.2, 0) is 12.4 Å². The molecule has 2 heterocycles. The molecule has 0 saturated heterocycles. The third kappa shape index (κ3) is 4.20. The highest BCUT2D eigenvalue weighted by Gasteiger charge is 2.37. The molecule has 12 heteroatoms. The van der Waals surface area contributed by atoms with E-state index in [0.717, 1.165) is 6.07 Å². The summed E-state index contributed by atoms with van der Waals surface area (Å²) in [5.74, 6) is -1.56. The first kappa shape index (κ1) is 18.7. The highest BCUT2D eigenvalue weighted by atomic mass is 19.4. The molecule has 2 aromatic heterocycles. The summed E-state index contributed by atoms with van der Waals surface area (Å²) in [4.78, 5) is 0. The van der Waals surface area contributed by atoms with Crippen LogP contribution in [0.1, 0.15) is 11.4 Å². The highest BCUT2D eigenvalue weighted by Crippen LogP contribution is 2.35. The molecule has 3 aromatic rings. The van der Waals surface area contributed by atoms with Crippen molar-refractivity contribution >= 4 is 11.5 Å². The Labute approximate surface area is 147 Å². The van der Waals surface area contributed by atoms with Gasteiger partial charge in [0.1, 0.15) is 18.2 Å². The lowest BCUT2D eigenvalue weighted by molar-refractivity contribution is -0.146. The van der Waals surface area contributed by atoms with Gasteiger partial charge in [-0.3, -0.25) is 0 Å². The molecule has 0 aliphatic heterocycles. The average molecular weight is 391 g/mol. The maximum atomic E-state index is 12.9. The molecule has 0 saturated carbocycles. The number of anilines is 1. The van der Waals surface area contributed by atoms with Crippen LogP contribution in [-0.4, -0.2) is 33.0 Å². The van der Waals surface area contributed by atoms with E-state index >= 15 is 0 Å². The second-order valence-electron chi connectivity index (χ2n) is 5.28. The SMILES string of the molecule is FC(F)(F)c1ccccc1OCCNc1ccc2nnc(C(F)(F)F)n2n1. The predicted octanol–water partition coefficient (Wildman–Crippen LogP) is 3.65. The van der Waals surface area contributed by atoms with Crippen LogP contribution < -0.4 is 10.1 Å². The number of para-hydroxylation sites is 1. The summed E-state index contributed by atoms with van der Waals surface area (Å²) >= 11 is 0. The number of nitrogens with zero attached hydrogens (tertiary/aromatic N) is 4. The first-order valence-corrected chi connectivity index (χ1v) is 7.49. The average Bonchev–Trinajstić information content (AvgIpc) is 3.01. The Hall–Kier alpha value is -3.05. The van der Waals surface area contributed by atoms with Crippen LogP contribution in [0.15, 0.2) is 36.4 Å². The molecule has 0 bridgehead atoms. The quantitative estimate of drug-likeness (QED) is 0.531. The van der Waals surface area contributed by atoms with E-state index in [0.29, 0.717) is 4.52 Å². The zero-order chi connectivity index (χ0) is 19.7. The third-order valence-electron chi connectivity index (χ3n) is 3.37. The molecule has 3 rings (SSSR count). The fraction of sp³-hybridized carbons (Fsp3) is 0.267. The van der Waals surface area contributed by atoms with Crippen LogP contribution in [0.2, 0.25) is 0 Å². The second kappa shape index (κ2) is 6.93. The molecular formula is C15H11F6N5O. The van der Waals surface area contributed by atoms with Crippen LogP contribution in [0.5, 0.6) is 5.75 Å². The van der Waals surface area contributed by atoms with E-state index in [1.54, 1.807) is 0 Å². The van der Waals surface area contributed by atoms with Crippen molar-refractivity contribution in [2.75, 3.05) is 18.5 Å². The minimum atomic E-state index is -4.73. The molecule has 0 fully saturated rings. The minimum Gasteiger partial charge on any atom is -0.491 e. The van der Waals surface area contributed by atoms with Crippen molar-refractivity contribution in [2.24, 2.45) is 0 Å². The minimum absolute atomic E-state index is 0.00811. The van der Waals surface area contributed by atoms with E-state index in [9.17, 15) is 26.3 Å². The van der Waals surface area contributed by atoms with Gasteiger partial charge in [0.2, 0.25) is 0 Å². The Morgan fingerprint density at radius 2 is 1.67 bits per heavy atom. The topological polar surface area (TPSA) is 64.3 Å². The number of hydrogen-bond acceptors (Lipinski definition) is 5. The zero-order valence-electron chi connectivity index (χ0n) is 13.3. The van der Waals surface area contributed by atoms with Crippen LogP contribution >= 0.6 is 0 Å². The Kier molecular flexibility index (Phi) is 4.81. The molecule has 6 nitrogen and oxygen atoms in total. The van der Waals surface area contributed by atoms with E-state index in [1.165, 1.54) is 30.3 Å². The zero-order valence-corrected chi connectivity index (χ0v) is 13.3. The Morgan fingerprint density at radius 3 is 2.37 bits per heavy atom. The van der Waals surface area contributed by atoms with Crippen molar-refractivity contribution in [1.29, 1.82) is 0 Å². The number of halogens is 6. The van der Waals surface area contributed by atoms with Gasteiger partial charge in [0.05, 0.1) is 12.1 Å². The number of rotatable bonds is 5. The second-order valence-corrected chi connectivity index (χ2v) is 5.28. The van der Waals surface area contributed by atoms with Crippen LogP contribution in [0.25, 0.3) is 5.65 Å². The summed E-state index contributed by atoms with van der Waals surface area (Å²) < 4.78 is 82.7. The van der Waals surface area contributed by atoms with Crippen molar-refractivity contribution in [2.45, 2.75) is 12.4 Å². The first-order valence-electron chi connectivity index (χ1n) is 7.49. The molecule has 0 radical (unpaired) electrons. The van der Waals surface area contributed by atoms with Crippen molar-refractivity contribution in [3.63, 3.8) is 0 Å². The van der Waals surface area contributed by atoms with E-state index in [1.807, 2.05) is 0 Å². The van der Waals surface area contributed by atoms with Gasteiger partial charge in [0.15, 0.2) is 5.65 Å². The van der Waals surface area contributed by atoms with Crippen molar-refractivity contribution in [3.05, 3.63) is 47.8 Å². The molecule has 0 amide bonds. The summed E-state index contributed by atoms with van der Waals surface area (Å²) in [6.07, 6.45) is -9.28. The van der Waals surface area contributed by atoms with Gasteiger partial charge in [0, 0.05) is 0 Å². The molecule has 1 N–H and O–H groups in total. The van der Waals surface area contributed by atoms with Gasteiger partial charge >= 0.3 is 12.4 Å². The lowest BCUT2D eigenvalue weighted by atomic mass is 10.2. The van der Waals surface area contributed by atoms with Gasteiger partial charge in [-0.1, -0.05) is 12.1 Å². The largest absolute Gasteiger partial charge is 0.491 e. The Morgan fingerprint density at radius 1 is 0.926 bits per heavy atom. The Bertz CT molecular complexity index is 936. The summed E-state index contributed by atoms with van der Waals surface area (Å²) in [5.41, 5.74) is -1.01. The number of benzene rings is 1. The molecule has 0 aliphatic carbocycles. The molecule has 0 atom stereocenters. The number of nitrogens with one attached hydrogen (secondary N) is 1. The van der Waals surface area contributed by atoms with E-state index in [4.69, 9.17) is 4.74 Å².